The van der Waals surface area contributed by atoms with Gasteiger partial charge in [-0.2, -0.15) is 4.31 Å². The minimum Gasteiger partial charge on any atom is -0.495 e. The Kier molecular flexibility index (Phi) is 6.87. The summed E-state index contributed by atoms with van der Waals surface area (Å²) in [4.78, 5) is 12.5. The average molecular weight is 421 g/mol. The Labute approximate surface area is 170 Å². The topological polar surface area (TPSA) is 75.7 Å². The number of nitrogens with one attached hydrogen (secondary N) is 1. The van der Waals surface area contributed by atoms with Crippen LogP contribution in [0.5, 0.6) is 5.75 Å². The van der Waals surface area contributed by atoms with E-state index in [1.807, 2.05) is 0 Å². The molecule has 1 aliphatic rings. The highest BCUT2D eigenvalue weighted by atomic mass is 32.2. The summed E-state index contributed by atoms with van der Waals surface area (Å²) in [7, 11) is -2.20. The number of carbonyl (C=O) groups is 1. The van der Waals surface area contributed by atoms with Crippen molar-refractivity contribution in [3.8, 4) is 5.75 Å². The van der Waals surface area contributed by atoms with Gasteiger partial charge in [-0.3, -0.25) is 4.79 Å². The Morgan fingerprint density at radius 3 is 2.34 bits per heavy atom. The fraction of sp³-hybridized carbons (Fsp3) is 0.381. The van der Waals surface area contributed by atoms with Crippen LogP contribution in [0.3, 0.4) is 0 Å². The second-order valence-electron chi connectivity index (χ2n) is 7.03. The molecule has 1 aliphatic heterocycles. The van der Waals surface area contributed by atoms with E-state index in [1.54, 1.807) is 0 Å². The Morgan fingerprint density at radius 2 is 1.72 bits per heavy atom. The number of hydrogen-bond acceptors (Lipinski definition) is 4. The lowest BCUT2D eigenvalue weighted by atomic mass is 10.1. The molecule has 0 aromatic heterocycles. The molecule has 2 aromatic rings. The number of halogens is 1. The van der Waals surface area contributed by atoms with Gasteiger partial charge in [0.2, 0.25) is 15.9 Å². The van der Waals surface area contributed by atoms with Crippen LogP contribution in [0.4, 0.5) is 10.1 Å². The van der Waals surface area contributed by atoms with E-state index in [0.717, 1.165) is 25.7 Å². The molecule has 0 saturated carbocycles. The molecule has 8 heteroatoms. The van der Waals surface area contributed by atoms with E-state index in [1.165, 1.54) is 53.9 Å². The van der Waals surface area contributed by atoms with Gasteiger partial charge in [0, 0.05) is 13.1 Å². The van der Waals surface area contributed by atoms with Crippen LogP contribution >= 0.6 is 0 Å². The first-order chi connectivity index (χ1) is 13.9. The number of nitrogens with zero attached hydrogens (tertiary/aromatic N) is 1. The molecule has 2 aromatic carbocycles. The molecule has 1 heterocycles. The summed E-state index contributed by atoms with van der Waals surface area (Å²) < 4.78 is 45.9. The number of amides is 1. The van der Waals surface area contributed by atoms with Crippen LogP contribution in [0.25, 0.3) is 0 Å². The van der Waals surface area contributed by atoms with Crippen LogP contribution < -0.4 is 10.1 Å². The van der Waals surface area contributed by atoms with Crippen LogP contribution in [0.1, 0.15) is 31.2 Å². The molecule has 156 valence electrons. The molecule has 0 bridgehead atoms. The number of anilines is 1. The predicted octanol–water partition coefficient (Wildman–Crippen LogP) is 3.58. The third-order valence-electron chi connectivity index (χ3n) is 4.93. The first-order valence-electron chi connectivity index (χ1n) is 9.62. The van der Waals surface area contributed by atoms with Crippen molar-refractivity contribution in [3.63, 3.8) is 0 Å². The largest absolute Gasteiger partial charge is 0.495 e. The summed E-state index contributed by atoms with van der Waals surface area (Å²) in [5.41, 5.74) is 0.937. The van der Waals surface area contributed by atoms with E-state index in [-0.39, 0.29) is 28.7 Å². The van der Waals surface area contributed by atoms with Crippen LogP contribution in [0, 0.1) is 5.82 Å². The first kappa shape index (κ1) is 21.3. The zero-order chi connectivity index (χ0) is 20.9. The summed E-state index contributed by atoms with van der Waals surface area (Å²) in [6.45, 7) is 1.00. The molecule has 0 spiro atoms. The van der Waals surface area contributed by atoms with Gasteiger partial charge in [0.15, 0.2) is 0 Å². The molecule has 29 heavy (non-hydrogen) atoms. The average Bonchev–Trinajstić information content (AvgIpc) is 3.00. The summed E-state index contributed by atoms with van der Waals surface area (Å²) in [6.07, 6.45) is 3.78. The van der Waals surface area contributed by atoms with Crippen LogP contribution in [0.15, 0.2) is 47.4 Å². The van der Waals surface area contributed by atoms with Gasteiger partial charge >= 0.3 is 0 Å². The number of carbonyl (C=O) groups excluding carboxylic acids is 1. The zero-order valence-electron chi connectivity index (χ0n) is 16.4. The molecule has 6 nitrogen and oxygen atoms in total. The van der Waals surface area contributed by atoms with Crippen molar-refractivity contribution in [2.75, 3.05) is 25.5 Å². The summed E-state index contributed by atoms with van der Waals surface area (Å²) >= 11 is 0. The zero-order valence-corrected chi connectivity index (χ0v) is 17.2. The van der Waals surface area contributed by atoms with Gasteiger partial charge in [-0.15, -0.1) is 0 Å². The van der Waals surface area contributed by atoms with E-state index < -0.39 is 10.0 Å². The number of sulfonamides is 1. The smallest absolute Gasteiger partial charge is 0.243 e. The van der Waals surface area contributed by atoms with Crippen molar-refractivity contribution in [2.45, 2.75) is 37.0 Å². The maximum atomic E-state index is 13.0. The summed E-state index contributed by atoms with van der Waals surface area (Å²) in [5, 5.41) is 2.71. The fourth-order valence-electron chi connectivity index (χ4n) is 3.36. The van der Waals surface area contributed by atoms with Crippen molar-refractivity contribution in [1.29, 1.82) is 0 Å². The Balaban J connectivity index is 1.80. The molecule has 0 radical (unpaired) electrons. The predicted molar refractivity (Wildman–Crippen MR) is 109 cm³/mol. The van der Waals surface area contributed by atoms with Crippen LogP contribution in [0.2, 0.25) is 0 Å². The maximum absolute atomic E-state index is 13.0. The van der Waals surface area contributed by atoms with Gasteiger partial charge in [-0.05, 0) is 48.7 Å². The van der Waals surface area contributed by atoms with E-state index >= 15 is 0 Å². The molecular weight excluding hydrogens is 395 g/mol. The first-order valence-corrected chi connectivity index (χ1v) is 11.1. The Bertz CT molecular complexity index is 953. The molecular formula is C21H25FN2O4S. The quantitative estimate of drug-likeness (QED) is 0.775. The Morgan fingerprint density at radius 1 is 1.07 bits per heavy atom. The molecule has 1 fully saturated rings. The number of benzene rings is 2. The second-order valence-corrected chi connectivity index (χ2v) is 8.97. The highest BCUT2D eigenvalue weighted by Gasteiger charge is 2.26. The monoisotopic (exact) mass is 420 g/mol. The number of rotatable bonds is 6. The van der Waals surface area contributed by atoms with Gasteiger partial charge in [0.25, 0.3) is 0 Å². The second kappa shape index (κ2) is 9.37. The highest BCUT2D eigenvalue weighted by Crippen LogP contribution is 2.30. The van der Waals surface area contributed by atoms with Gasteiger partial charge < -0.3 is 10.1 Å². The normalized spacial score (nSPS) is 15.5. The standard InChI is InChI=1S/C21H25FN2O4S/c1-28-20-11-10-18(29(26,27)24-12-4-2-3-5-13-24)15-19(20)23-21(25)14-16-6-8-17(22)9-7-16/h6-11,15H,2-5,12-14H2,1H3,(H,23,25). The fourth-order valence-corrected chi connectivity index (χ4v) is 4.90. The van der Waals surface area contributed by atoms with Crippen molar-refractivity contribution in [2.24, 2.45) is 0 Å². The maximum Gasteiger partial charge on any atom is 0.243 e. The van der Waals surface area contributed by atoms with Gasteiger partial charge in [0.1, 0.15) is 11.6 Å². The van der Waals surface area contributed by atoms with Crippen molar-refractivity contribution in [3.05, 3.63) is 53.8 Å². The lowest BCUT2D eigenvalue weighted by Crippen LogP contribution is -2.32. The van der Waals surface area contributed by atoms with Crippen LogP contribution in [-0.2, 0) is 21.2 Å². The molecule has 1 saturated heterocycles. The lowest BCUT2D eigenvalue weighted by Gasteiger charge is -2.21. The van der Waals surface area contributed by atoms with E-state index in [0.29, 0.717) is 24.4 Å². The molecule has 0 aliphatic carbocycles. The van der Waals surface area contributed by atoms with Crippen molar-refractivity contribution < 1.29 is 22.3 Å². The minimum absolute atomic E-state index is 0.0343. The Hall–Kier alpha value is -2.45. The van der Waals surface area contributed by atoms with Crippen molar-refractivity contribution in [1.82, 2.24) is 4.31 Å². The van der Waals surface area contributed by atoms with E-state index in [9.17, 15) is 17.6 Å². The third kappa shape index (κ3) is 5.33. The van der Waals surface area contributed by atoms with Gasteiger partial charge in [0.05, 0.1) is 24.1 Å². The highest BCUT2D eigenvalue weighted by molar-refractivity contribution is 7.89. The molecule has 0 unspecified atom stereocenters. The number of ether oxygens (including phenoxy) is 1. The molecule has 1 N–H and O–H groups in total. The molecule has 1 amide bonds. The van der Waals surface area contributed by atoms with E-state index in [4.69, 9.17) is 4.74 Å². The molecule has 3 rings (SSSR count). The van der Waals surface area contributed by atoms with Gasteiger partial charge in [-0.25, -0.2) is 12.8 Å². The van der Waals surface area contributed by atoms with E-state index in [2.05, 4.69) is 5.32 Å². The number of hydrogen-bond donors (Lipinski definition) is 1. The lowest BCUT2D eigenvalue weighted by molar-refractivity contribution is -0.115. The summed E-state index contributed by atoms with van der Waals surface area (Å²) in [5.74, 6) is -0.353. The van der Waals surface area contributed by atoms with Crippen LogP contribution in [-0.4, -0.2) is 38.8 Å². The minimum atomic E-state index is -3.65. The number of methoxy groups -OCH3 is 1. The third-order valence-corrected chi connectivity index (χ3v) is 6.82. The van der Waals surface area contributed by atoms with Crippen molar-refractivity contribution >= 4 is 21.6 Å². The SMILES string of the molecule is COc1ccc(S(=O)(=O)N2CCCCCC2)cc1NC(=O)Cc1ccc(F)cc1. The summed E-state index contributed by atoms with van der Waals surface area (Å²) in [6, 6.07) is 10.1. The molecule has 0 atom stereocenters. The van der Waals surface area contributed by atoms with Gasteiger partial charge in [-0.1, -0.05) is 25.0 Å².